The van der Waals surface area contributed by atoms with Crippen molar-refractivity contribution in [3.63, 3.8) is 0 Å². The Bertz CT molecular complexity index is 447. The number of nitrogens with one attached hydrogen (secondary N) is 1. The summed E-state index contributed by atoms with van der Waals surface area (Å²) < 4.78 is 11.1. The number of anilines is 1. The van der Waals surface area contributed by atoms with Gasteiger partial charge in [0.2, 0.25) is 5.91 Å². The van der Waals surface area contributed by atoms with Crippen molar-refractivity contribution in [1.82, 2.24) is 0 Å². The third-order valence-electron chi connectivity index (χ3n) is 3.08. The van der Waals surface area contributed by atoms with Crippen molar-refractivity contribution in [1.29, 1.82) is 0 Å². The first kappa shape index (κ1) is 14.8. The molecular formula is C14H19NO5. The third-order valence-corrected chi connectivity index (χ3v) is 3.08. The molecule has 0 aliphatic carbocycles. The molecule has 0 aromatic heterocycles. The molecule has 20 heavy (non-hydrogen) atoms. The molecule has 1 aliphatic heterocycles. The molecule has 1 fully saturated rings. The Hall–Kier alpha value is -1.63. The van der Waals surface area contributed by atoms with Gasteiger partial charge in [0.05, 0.1) is 12.7 Å². The molecule has 0 unspecified atom stereocenters. The summed E-state index contributed by atoms with van der Waals surface area (Å²) in [5, 5.41) is 21.3. The van der Waals surface area contributed by atoms with E-state index in [1.807, 2.05) is 0 Å². The molecule has 110 valence electrons. The van der Waals surface area contributed by atoms with Gasteiger partial charge in [-0.25, -0.2) is 0 Å². The highest BCUT2D eigenvalue weighted by atomic mass is 16.7. The maximum atomic E-state index is 10.9. The van der Waals surface area contributed by atoms with E-state index in [2.05, 4.69) is 5.32 Å². The van der Waals surface area contributed by atoms with Gasteiger partial charge in [-0.2, -0.15) is 0 Å². The Labute approximate surface area is 117 Å². The summed E-state index contributed by atoms with van der Waals surface area (Å²) in [4.78, 5) is 10.9. The van der Waals surface area contributed by atoms with Crippen LogP contribution in [0, 0.1) is 0 Å². The number of aliphatic hydroxyl groups excluding tert-OH is 2. The molecule has 0 saturated carbocycles. The van der Waals surface area contributed by atoms with Crippen LogP contribution in [-0.2, 0) is 9.53 Å². The van der Waals surface area contributed by atoms with Crippen LogP contribution in [0.3, 0.4) is 0 Å². The quantitative estimate of drug-likeness (QED) is 0.762. The largest absolute Gasteiger partial charge is 0.465 e. The molecule has 0 spiro atoms. The summed E-state index contributed by atoms with van der Waals surface area (Å²) in [5.41, 5.74) is 0.693. The van der Waals surface area contributed by atoms with Crippen LogP contribution in [0.5, 0.6) is 5.75 Å². The average Bonchev–Trinajstić information content (AvgIpc) is 2.42. The summed E-state index contributed by atoms with van der Waals surface area (Å²) in [7, 11) is 0. The predicted octanol–water partition coefficient (Wildman–Crippen LogP) is 0.882. The van der Waals surface area contributed by atoms with Gasteiger partial charge in [0, 0.05) is 19.0 Å². The molecule has 1 aliphatic rings. The standard InChI is InChI=1S/C14H19NO5/c1-9(17)15-10-2-4-11(5-3-10)19-14-7-6-12(18)13(8-16)20-14/h2-5,12-14,16,18H,6-8H2,1H3,(H,15,17)/t12-,13-,14+/m1/s1. The number of carbonyl (C=O) groups excluding carboxylic acids is 1. The Morgan fingerprint density at radius 1 is 1.40 bits per heavy atom. The minimum Gasteiger partial charge on any atom is -0.465 e. The lowest BCUT2D eigenvalue weighted by Gasteiger charge is -2.32. The van der Waals surface area contributed by atoms with Crippen LogP contribution < -0.4 is 10.1 Å². The molecule has 3 atom stereocenters. The van der Waals surface area contributed by atoms with Gasteiger partial charge in [0.15, 0.2) is 6.29 Å². The Kier molecular flexibility index (Phi) is 4.94. The lowest BCUT2D eigenvalue weighted by molar-refractivity contribution is -0.196. The number of benzene rings is 1. The third kappa shape index (κ3) is 3.93. The van der Waals surface area contributed by atoms with Gasteiger partial charge in [0.1, 0.15) is 11.9 Å². The van der Waals surface area contributed by atoms with Gasteiger partial charge < -0.3 is 25.0 Å². The highest BCUT2D eigenvalue weighted by molar-refractivity contribution is 5.88. The average molecular weight is 281 g/mol. The van der Waals surface area contributed by atoms with E-state index in [4.69, 9.17) is 14.6 Å². The molecule has 1 saturated heterocycles. The van der Waals surface area contributed by atoms with Crippen LogP contribution in [0.2, 0.25) is 0 Å². The monoisotopic (exact) mass is 281 g/mol. The zero-order valence-corrected chi connectivity index (χ0v) is 11.3. The summed E-state index contributed by atoms with van der Waals surface area (Å²) in [6.45, 7) is 1.21. The van der Waals surface area contributed by atoms with Crippen LogP contribution in [-0.4, -0.2) is 41.2 Å². The Morgan fingerprint density at radius 2 is 2.10 bits per heavy atom. The number of hydrogen-bond acceptors (Lipinski definition) is 5. The Morgan fingerprint density at radius 3 is 2.70 bits per heavy atom. The van der Waals surface area contributed by atoms with E-state index in [9.17, 15) is 9.90 Å². The van der Waals surface area contributed by atoms with Crippen LogP contribution in [0.25, 0.3) is 0 Å². The second-order valence-electron chi connectivity index (χ2n) is 4.75. The molecule has 1 amide bonds. The van der Waals surface area contributed by atoms with Crippen LogP contribution in [0.4, 0.5) is 5.69 Å². The van der Waals surface area contributed by atoms with E-state index in [1.165, 1.54) is 6.92 Å². The first-order valence-electron chi connectivity index (χ1n) is 6.57. The fraction of sp³-hybridized carbons (Fsp3) is 0.500. The van der Waals surface area contributed by atoms with Gasteiger partial charge in [0.25, 0.3) is 0 Å². The minimum absolute atomic E-state index is 0.131. The van der Waals surface area contributed by atoms with Crippen molar-refractivity contribution in [2.45, 2.75) is 38.3 Å². The summed E-state index contributed by atoms with van der Waals surface area (Å²) >= 11 is 0. The van der Waals surface area contributed by atoms with Crippen LogP contribution in [0.15, 0.2) is 24.3 Å². The molecule has 1 aromatic rings. The van der Waals surface area contributed by atoms with Crippen LogP contribution >= 0.6 is 0 Å². The first-order valence-corrected chi connectivity index (χ1v) is 6.57. The van der Waals surface area contributed by atoms with Crippen molar-refractivity contribution in [3.05, 3.63) is 24.3 Å². The van der Waals surface area contributed by atoms with Gasteiger partial charge in [-0.1, -0.05) is 0 Å². The Balaban J connectivity index is 1.91. The van der Waals surface area contributed by atoms with E-state index in [1.54, 1.807) is 24.3 Å². The number of amides is 1. The molecule has 0 bridgehead atoms. The van der Waals surface area contributed by atoms with E-state index >= 15 is 0 Å². The lowest BCUT2D eigenvalue weighted by Crippen LogP contribution is -2.43. The normalized spacial score (nSPS) is 26.1. The SMILES string of the molecule is CC(=O)Nc1ccc(O[C@@H]2CC[C@@H](O)[C@@H](CO)O2)cc1. The van der Waals surface area contributed by atoms with Gasteiger partial charge in [-0.15, -0.1) is 0 Å². The molecule has 0 radical (unpaired) electrons. The van der Waals surface area contributed by atoms with Crippen molar-refractivity contribution in [2.24, 2.45) is 0 Å². The molecule has 1 aromatic carbocycles. The number of aliphatic hydroxyl groups is 2. The van der Waals surface area contributed by atoms with Gasteiger partial charge in [-0.05, 0) is 30.7 Å². The predicted molar refractivity (Wildman–Crippen MR) is 72.4 cm³/mol. The highest BCUT2D eigenvalue weighted by Gasteiger charge is 2.30. The van der Waals surface area contributed by atoms with E-state index in [0.29, 0.717) is 24.3 Å². The van der Waals surface area contributed by atoms with Crippen molar-refractivity contribution in [2.75, 3.05) is 11.9 Å². The van der Waals surface area contributed by atoms with Crippen LogP contribution in [0.1, 0.15) is 19.8 Å². The minimum atomic E-state index is -0.651. The van der Waals surface area contributed by atoms with E-state index in [-0.39, 0.29) is 12.5 Å². The summed E-state index contributed by atoms with van der Waals surface area (Å²) in [5.74, 6) is 0.478. The van der Waals surface area contributed by atoms with Gasteiger partial charge in [-0.3, -0.25) is 4.79 Å². The number of ether oxygens (including phenoxy) is 2. The van der Waals surface area contributed by atoms with E-state index < -0.39 is 18.5 Å². The zero-order chi connectivity index (χ0) is 14.5. The first-order chi connectivity index (χ1) is 9.58. The lowest BCUT2D eigenvalue weighted by atomic mass is 10.1. The molecule has 3 N–H and O–H groups in total. The maximum Gasteiger partial charge on any atom is 0.221 e. The molecule has 1 heterocycles. The highest BCUT2D eigenvalue weighted by Crippen LogP contribution is 2.24. The summed E-state index contributed by atoms with van der Waals surface area (Å²) in [6, 6.07) is 6.93. The van der Waals surface area contributed by atoms with Crippen molar-refractivity contribution < 1.29 is 24.5 Å². The van der Waals surface area contributed by atoms with Crippen molar-refractivity contribution in [3.8, 4) is 5.75 Å². The number of carbonyl (C=O) groups is 1. The summed E-state index contributed by atoms with van der Waals surface area (Å²) in [6.07, 6.45) is -0.651. The number of rotatable bonds is 4. The molecule has 6 heteroatoms. The molecule has 6 nitrogen and oxygen atoms in total. The maximum absolute atomic E-state index is 10.9. The molecule has 2 rings (SSSR count). The fourth-order valence-corrected chi connectivity index (χ4v) is 2.07. The fourth-order valence-electron chi connectivity index (χ4n) is 2.07. The second kappa shape index (κ2) is 6.69. The molecular weight excluding hydrogens is 262 g/mol. The number of hydrogen-bond donors (Lipinski definition) is 3. The topological polar surface area (TPSA) is 88.0 Å². The smallest absolute Gasteiger partial charge is 0.221 e. The van der Waals surface area contributed by atoms with Gasteiger partial charge >= 0.3 is 0 Å². The zero-order valence-electron chi connectivity index (χ0n) is 11.3. The van der Waals surface area contributed by atoms with Crippen molar-refractivity contribution >= 4 is 11.6 Å². The van der Waals surface area contributed by atoms with E-state index in [0.717, 1.165) is 0 Å². The second-order valence-corrected chi connectivity index (χ2v) is 4.75.